The highest BCUT2D eigenvalue weighted by molar-refractivity contribution is 7.99. The first-order valence-corrected chi connectivity index (χ1v) is 9.34. The fourth-order valence-electron chi connectivity index (χ4n) is 2.82. The summed E-state index contributed by atoms with van der Waals surface area (Å²) < 4.78 is 2.14. The Balaban J connectivity index is 1.53. The van der Waals surface area contributed by atoms with Crippen LogP contribution in [0, 0.1) is 0 Å². The van der Waals surface area contributed by atoms with Crippen molar-refractivity contribution in [3.63, 3.8) is 0 Å². The third kappa shape index (κ3) is 3.67. The first kappa shape index (κ1) is 15.1. The number of likely N-dealkylation sites (tertiary alicyclic amines) is 1. The maximum Gasteiger partial charge on any atom is 0.190 e. The van der Waals surface area contributed by atoms with Crippen LogP contribution in [0.4, 0.5) is 0 Å². The lowest BCUT2D eigenvalue weighted by atomic mass is 10.2. The Hall–Kier alpha value is -0.850. The summed E-state index contributed by atoms with van der Waals surface area (Å²) in [5.74, 6) is 2.18. The van der Waals surface area contributed by atoms with Gasteiger partial charge in [0.05, 0.1) is 0 Å². The second kappa shape index (κ2) is 6.94. The number of nitrogens with zero attached hydrogens (tertiary/aromatic N) is 4. The van der Waals surface area contributed by atoms with Crippen LogP contribution in [-0.4, -0.2) is 45.1 Å². The molecule has 0 aliphatic carbocycles. The van der Waals surface area contributed by atoms with E-state index in [-0.39, 0.29) is 0 Å². The van der Waals surface area contributed by atoms with Gasteiger partial charge in [-0.25, -0.2) is 0 Å². The van der Waals surface area contributed by atoms with Crippen molar-refractivity contribution in [2.24, 2.45) is 7.05 Å². The fourth-order valence-corrected chi connectivity index (χ4v) is 4.50. The molecule has 1 fully saturated rings. The smallest absolute Gasteiger partial charge is 0.190 e. The van der Waals surface area contributed by atoms with Gasteiger partial charge in [0.2, 0.25) is 0 Å². The molecule has 3 heterocycles. The number of hydrogen-bond donors (Lipinski definition) is 0. The average molecular weight is 323 g/mol. The zero-order valence-electron chi connectivity index (χ0n) is 12.7. The van der Waals surface area contributed by atoms with E-state index >= 15 is 0 Å². The van der Waals surface area contributed by atoms with Crippen LogP contribution in [-0.2, 0) is 13.5 Å². The van der Waals surface area contributed by atoms with Crippen LogP contribution in [0.3, 0.4) is 0 Å². The lowest BCUT2D eigenvalue weighted by molar-refractivity contribution is 0.305. The summed E-state index contributed by atoms with van der Waals surface area (Å²) >= 11 is 3.61. The molecular weight excluding hydrogens is 300 g/mol. The predicted octanol–water partition coefficient (Wildman–Crippen LogP) is 3.04. The Morgan fingerprint density at radius 3 is 3.00 bits per heavy atom. The quantitative estimate of drug-likeness (QED) is 0.766. The van der Waals surface area contributed by atoms with E-state index in [4.69, 9.17) is 0 Å². The minimum Gasteiger partial charge on any atom is -0.309 e. The summed E-state index contributed by atoms with van der Waals surface area (Å²) in [4.78, 5) is 3.83. The first-order chi connectivity index (χ1) is 10.2. The van der Waals surface area contributed by atoms with E-state index in [1.54, 1.807) is 11.3 Å². The normalized spacial score (nSPS) is 19.4. The Morgan fingerprint density at radius 2 is 2.29 bits per heavy atom. The molecule has 2 aromatic heterocycles. The molecule has 0 bridgehead atoms. The molecule has 0 spiro atoms. The molecule has 4 nitrogen and oxygen atoms in total. The molecule has 1 aliphatic rings. The van der Waals surface area contributed by atoms with E-state index in [2.05, 4.69) is 51.3 Å². The fraction of sp³-hybridized carbons (Fsp3) is 0.600. The zero-order chi connectivity index (χ0) is 14.7. The second-order valence-electron chi connectivity index (χ2n) is 5.63. The number of thiophene rings is 1. The highest BCUT2D eigenvalue weighted by Gasteiger charge is 2.20. The molecule has 114 valence electrons. The maximum absolute atomic E-state index is 4.35. The van der Waals surface area contributed by atoms with E-state index in [0.717, 1.165) is 29.2 Å². The minimum atomic E-state index is 0.760. The Morgan fingerprint density at radius 1 is 1.38 bits per heavy atom. The van der Waals surface area contributed by atoms with Gasteiger partial charge in [0, 0.05) is 30.1 Å². The summed E-state index contributed by atoms with van der Waals surface area (Å²) in [7, 11) is 4.32. The van der Waals surface area contributed by atoms with Gasteiger partial charge in [0.1, 0.15) is 5.82 Å². The topological polar surface area (TPSA) is 34.0 Å². The van der Waals surface area contributed by atoms with Gasteiger partial charge in [0.15, 0.2) is 5.16 Å². The monoisotopic (exact) mass is 322 g/mol. The molecule has 0 unspecified atom stereocenters. The van der Waals surface area contributed by atoms with Crippen LogP contribution in [0.1, 0.15) is 30.0 Å². The molecule has 0 saturated carbocycles. The van der Waals surface area contributed by atoms with Crippen molar-refractivity contribution in [2.75, 3.05) is 19.3 Å². The van der Waals surface area contributed by atoms with Gasteiger partial charge in [0.25, 0.3) is 0 Å². The molecule has 21 heavy (non-hydrogen) atoms. The highest BCUT2D eigenvalue weighted by Crippen LogP contribution is 2.23. The average Bonchev–Trinajstić information content (AvgIpc) is 3.18. The van der Waals surface area contributed by atoms with Gasteiger partial charge >= 0.3 is 0 Å². The molecule has 0 aromatic carbocycles. The third-order valence-electron chi connectivity index (χ3n) is 4.19. The standard InChI is InChI=1S/C15H22N4S2/c1-18-8-3-5-12(18)7-10-21-15-17-16-14(19(15)2)11-13-6-4-9-20-13/h4,6,9,12H,3,5,7-8,10-11H2,1-2H3/t12-/m0/s1. The minimum absolute atomic E-state index is 0.760. The molecular formula is C15H22N4S2. The Kier molecular flexibility index (Phi) is 4.98. The summed E-state index contributed by atoms with van der Waals surface area (Å²) in [5.41, 5.74) is 0. The Labute approximate surface area is 134 Å². The van der Waals surface area contributed by atoms with Crippen molar-refractivity contribution in [1.29, 1.82) is 0 Å². The van der Waals surface area contributed by atoms with Crippen LogP contribution in [0.15, 0.2) is 22.7 Å². The summed E-state index contributed by atoms with van der Waals surface area (Å²) in [6, 6.07) is 5.00. The van der Waals surface area contributed by atoms with Crippen molar-refractivity contribution in [3.05, 3.63) is 28.2 Å². The van der Waals surface area contributed by atoms with Crippen LogP contribution >= 0.6 is 23.1 Å². The van der Waals surface area contributed by atoms with E-state index in [0.29, 0.717) is 0 Å². The second-order valence-corrected chi connectivity index (χ2v) is 7.72. The molecule has 3 rings (SSSR count). The molecule has 1 aliphatic heterocycles. The molecule has 0 amide bonds. The number of thioether (sulfide) groups is 1. The molecule has 0 radical (unpaired) electrons. The van der Waals surface area contributed by atoms with Gasteiger partial charge < -0.3 is 9.47 Å². The van der Waals surface area contributed by atoms with Crippen molar-refractivity contribution >= 4 is 23.1 Å². The van der Waals surface area contributed by atoms with Gasteiger partial charge in [-0.1, -0.05) is 17.8 Å². The first-order valence-electron chi connectivity index (χ1n) is 7.47. The van der Waals surface area contributed by atoms with Crippen LogP contribution < -0.4 is 0 Å². The van der Waals surface area contributed by atoms with Crippen molar-refractivity contribution in [2.45, 2.75) is 36.9 Å². The summed E-state index contributed by atoms with van der Waals surface area (Å²) in [5, 5.41) is 11.8. The Bertz CT molecular complexity index is 564. The van der Waals surface area contributed by atoms with Gasteiger partial charge in [-0.3, -0.25) is 0 Å². The summed E-state index contributed by atoms with van der Waals surface area (Å²) in [6.45, 7) is 1.25. The lowest BCUT2D eigenvalue weighted by Crippen LogP contribution is -2.25. The maximum atomic E-state index is 4.35. The van der Waals surface area contributed by atoms with Crippen LogP contribution in [0.25, 0.3) is 0 Å². The van der Waals surface area contributed by atoms with Crippen molar-refractivity contribution < 1.29 is 0 Å². The lowest BCUT2D eigenvalue weighted by Gasteiger charge is -2.18. The molecule has 1 saturated heterocycles. The summed E-state index contributed by atoms with van der Waals surface area (Å²) in [6.07, 6.45) is 4.82. The largest absolute Gasteiger partial charge is 0.309 e. The van der Waals surface area contributed by atoms with E-state index in [1.165, 1.54) is 30.7 Å². The van der Waals surface area contributed by atoms with Gasteiger partial charge in [-0.15, -0.1) is 21.5 Å². The van der Waals surface area contributed by atoms with Crippen molar-refractivity contribution in [1.82, 2.24) is 19.7 Å². The van der Waals surface area contributed by atoms with Gasteiger partial charge in [-0.05, 0) is 44.3 Å². The number of hydrogen-bond acceptors (Lipinski definition) is 5. The van der Waals surface area contributed by atoms with E-state index in [1.807, 2.05) is 11.8 Å². The van der Waals surface area contributed by atoms with E-state index < -0.39 is 0 Å². The SMILES string of the molecule is CN1CCC[C@H]1CCSc1nnc(Cc2cccs2)n1C. The predicted molar refractivity (Wildman–Crippen MR) is 89.1 cm³/mol. The van der Waals surface area contributed by atoms with Crippen molar-refractivity contribution in [3.8, 4) is 0 Å². The number of aromatic nitrogens is 3. The molecule has 1 atom stereocenters. The molecule has 6 heteroatoms. The molecule has 0 N–H and O–H groups in total. The highest BCUT2D eigenvalue weighted by atomic mass is 32.2. The number of rotatable bonds is 6. The van der Waals surface area contributed by atoms with Gasteiger partial charge in [-0.2, -0.15) is 0 Å². The third-order valence-corrected chi connectivity index (χ3v) is 6.12. The molecule has 2 aromatic rings. The van der Waals surface area contributed by atoms with Crippen LogP contribution in [0.5, 0.6) is 0 Å². The van der Waals surface area contributed by atoms with Crippen LogP contribution in [0.2, 0.25) is 0 Å². The zero-order valence-corrected chi connectivity index (χ0v) is 14.3. The van der Waals surface area contributed by atoms with E-state index in [9.17, 15) is 0 Å².